The molecule has 30 heavy (non-hydrogen) atoms. The second kappa shape index (κ2) is 8.51. The second-order valence-electron chi connectivity index (χ2n) is 6.93. The van der Waals surface area contributed by atoms with Crippen molar-refractivity contribution < 1.29 is 18.0 Å². The van der Waals surface area contributed by atoms with Gasteiger partial charge in [0.2, 0.25) is 10.0 Å². The molecule has 6 nitrogen and oxygen atoms in total. The van der Waals surface area contributed by atoms with Crippen LogP contribution < -0.4 is 9.62 Å². The predicted molar refractivity (Wildman–Crippen MR) is 119 cm³/mol. The van der Waals surface area contributed by atoms with E-state index in [1.807, 2.05) is 6.07 Å². The Morgan fingerprint density at radius 3 is 2.13 bits per heavy atom. The number of ketones is 1. The molecule has 0 saturated heterocycles. The molecule has 3 aromatic carbocycles. The maximum Gasteiger partial charge on any atom is 0.255 e. The number of anilines is 2. The van der Waals surface area contributed by atoms with Gasteiger partial charge in [-0.3, -0.25) is 13.9 Å². The quantitative estimate of drug-likeness (QED) is 0.611. The Bertz CT molecular complexity index is 1200. The van der Waals surface area contributed by atoms with Crippen LogP contribution in [-0.4, -0.2) is 33.4 Å². The maximum atomic E-state index is 12.8. The smallest absolute Gasteiger partial charge is 0.255 e. The van der Waals surface area contributed by atoms with Crippen molar-refractivity contribution in [1.82, 2.24) is 0 Å². The number of aryl methyl sites for hydroxylation is 1. The Morgan fingerprint density at radius 2 is 1.50 bits per heavy atom. The average Bonchev–Trinajstić information content (AvgIpc) is 2.73. The average molecular weight is 423 g/mol. The van der Waals surface area contributed by atoms with Gasteiger partial charge in [-0.15, -0.1) is 0 Å². The van der Waals surface area contributed by atoms with Crippen LogP contribution in [0.5, 0.6) is 0 Å². The highest BCUT2D eigenvalue weighted by molar-refractivity contribution is 7.92. The summed E-state index contributed by atoms with van der Waals surface area (Å²) in [6.07, 6.45) is 1.12. The van der Waals surface area contributed by atoms with Crippen LogP contribution >= 0.6 is 0 Å². The van der Waals surface area contributed by atoms with Crippen LogP contribution in [-0.2, 0) is 10.0 Å². The van der Waals surface area contributed by atoms with Gasteiger partial charge in [-0.1, -0.05) is 42.5 Å². The molecular weight excluding hydrogens is 400 g/mol. The molecule has 0 aromatic heterocycles. The maximum absolute atomic E-state index is 12.8. The number of hydrogen-bond donors (Lipinski definition) is 1. The molecule has 0 atom stereocenters. The van der Waals surface area contributed by atoms with Gasteiger partial charge in [-0.2, -0.15) is 0 Å². The van der Waals surface area contributed by atoms with Gasteiger partial charge >= 0.3 is 0 Å². The standard InChI is InChI=1S/C23H22N2O4S/c1-16-15-18(13-14-21(16)25(2)30(3,28)29)23(27)24-20-12-8-7-11-19(20)22(26)17-9-5-4-6-10-17/h4-15H,1-3H3,(H,24,27). The minimum atomic E-state index is -3.41. The number of nitrogens with one attached hydrogen (secondary N) is 1. The second-order valence-corrected chi connectivity index (χ2v) is 8.94. The molecule has 3 rings (SSSR count). The molecule has 1 N–H and O–H groups in total. The summed E-state index contributed by atoms with van der Waals surface area (Å²) >= 11 is 0. The summed E-state index contributed by atoms with van der Waals surface area (Å²) in [7, 11) is -1.95. The summed E-state index contributed by atoms with van der Waals surface area (Å²) in [5.41, 5.74) is 2.83. The zero-order valence-electron chi connectivity index (χ0n) is 16.9. The van der Waals surface area contributed by atoms with E-state index in [1.165, 1.54) is 7.05 Å². The molecule has 0 aliphatic rings. The zero-order chi connectivity index (χ0) is 21.9. The third-order valence-electron chi connectivity index (χ3n) is 4.75. The van der Waals surface area contributed by atoms with E-state index in [2.05, 4.69) is 5.32 Å². The number of benzene rings is 3. The minimum Gasteiger partial charge on any atom is -0.321 e. The van der Waals surface area contributed by atoms with Gasteiger partial charge in [-0.05, 0) is 42.8 Å². The molecule has 0 radical (unpaired) electrons. The summed E-state index contributed by atoms with van der Waals surface area (Å²) in [5.74, 6) is -0.576. The lowest BCUT2D eigenvalue weighted by Gasteiger charge is -2.19. The topological polar surface area (TPSA) is 83.6 Å². The van der Waals surface area contributed by atoms with Crippen LogP contribution in [0.25, 0.3) is 0 Å². The Hall–Kier alpha value is -3.45. The number of carbonyl (C=O) groups excluding carboxylic acids is 2. The van der Waals surface area contributed by atoms with Gasteiger partial charge in [0, 0.05) is 23.7 Å². The summed E-state index contributed by atoms with van der Waals surface area (Å²) in [4.78, 5) is 25.6. The van der Waals surface area contributed by atoms with Gasteiger partial charge in [0.15, 0.2) is 5.78 Å². The number of sulfonamides is 1. The van der Waals surface area contributed by atoms with Gasteiger partial charge < -0.3 is 5.32 Å². The van der Waals surface area contributed by atoms with E-state index in [0.29, 0.717) is 33.6 Å². The Labute approximate surface area is 176 Å². The van der Waals surface area contributed by atoms with Crippen LogP contribution in [0.2, 0.25) is 0 Å². The predicted octanol–water partition coefficient (Wildman–Crippen LogP) is 3.87. The summed E-state index contributed by atoms with van der Waals surface area (Å²) in [6.45, 7) is 1.74. The molecule has 0 aliphatic heterocycles. The molecule has 0 bridgehead atoms. The minimum absolute atomic E-state index is 0.187. The van der Waals surface area contributed by atoms with Crippen molar-refractivity contribution in [2.24, 2.45) is 0 Å². The van der Waals surface area contributed by atoms with Crippen molar-refractivity contribution >= 4 is 33.1 Å². The monoisotopic (exact) mass is 422 g/mol. The van der Waals surface area contributed by atoms with E-state index in [0.717, 1.165) is 10.6 Å². The number of nitrogens with zero attached hydrogens (tertiary/aromatic N) is 1. The van der Waals surface area contributed by atoms with Crippen molar-refractivity contribution in [3.8, 4) is 0 Å². The molecule has 0 spiro atoms. The zero-order valence-corrected chi connectivity index (χ0v) is 17.7. The van der Waals surface area contributed by atoms with E-state index in [-0.39, 0.29) is 11.7 Å². The molecule has 1 amide bonds. The molecule has 0 heterocycles. The van der Waals surface area contributed by atoms with Crippen molar-refractivity contribution in [1.29, 1.82) is 0 Å². The number of carbonyl (C=O) groups is 2. The van der Waals surface area contributed by atoms with E-state index in [1.54, 1.807) is 73.7 Å². The van der Waals surface area contributed by atoms with Gasteiger partial charge in [0.25, 0.3) is 5.91 Å². The van der Waals surface area contributed by atoms with E-state index in [4.69, 9.17) is 0 Å². The number of rotatable bonds is 6. The lowest BCUT2D eigenvalue weighted by Crippen LogP contribution is -2.25. The summed E-state index contributed by atoms with van der Waals surface area (Å²) in [6, 6.07) is 20.4. The van der Waals surface area contributed by atoms with Crippen LogP contribution in [0.1, 0.15) is 31.8 Å². The molecule has 3 aromatic rings. The van der Waals surface area contributed by atoms with E-state index >= 15 is 0 Å². The van der Waals surface area contributed by atoms with Crippen molar-refractivity contribution in [3.05, 3.63) is 95.1 Å². The van der Waals surface area contributed by atoms with Crippen LogP contribution in [0, 0.1) is 6.92 Å². The summed E-state index contributed by atoms with van der Waals surface area (Å²) in [5, 5.41) is 2.79. The third kappa shape index (κ3) is 4.58. The molecular formula is C23H22N2O4S. The first kappa shape index (κ1) is 21.3. The largest absolute Gasteiger partial charge is 0.321 e. The highest BCUT2D eigenvalue weighted by Crippen LogP contribution is 2.24. The number of amides is 1. The molecule has 0 saturated carbocycles. The van der Waals surface area contributed by atoms with Crippen molar-refractivity contribution in [2.75, 3.05) is 22.9 Å². The van der Waals surface area contributed by atoms with Crippen LogP contribution in [0.15, 0.2) is 72.8 Å². The number of hydrogen-bond acceptors (Lipinski definition) is 4. The van der Waals surface area contributed by atoms with Gasteiger partial charge in [0.1, 0.15) is 0 Å². The van der Waals surface area contributed by atoms with E-state index in [9.17, 15) is 18.0 Å². The first-order valence-corrected chi connectivity index (χ1v) is 11.1. The van der Waals surface area contributed by atoms with Gasteiger partial charge in [0.05, 0.1) is 17.6 Å². The van der Waals surface area contributed by atoms with Crippen molar-refractivity contribution in [3.63, 3.8) is 0 Å². The van der Waals surface area contributed by atoms with Crippen LogP contribution in [0.4, 0.5) is 11.4 Å². The fourth-order valence-corrected chi connectivity index (χ4v) is 3.62. The Morgan fingerprint density at radius 1 is 0.867 bits per heavy atom. The first-order valence-electron chi connectivity index (χ1n) is 9.23. The van der Waals surface area contributed by atoms with Crippen LogP contribution in [0.3, 0.4) is 0 Å². The van der Waals surface area contributed by atoms with Gasteiger partial charge in [-0.25, -0.2) is 8.42 Å². The molecule has 154 valence electrons. The highest BCUT2D eigenvalue weighted by Gasteiger charge is 2.18. The Kier molecular flexibility index (Phi) is 6.03. The summed E-state index contributed by atoms with van der Waals surface area (Å²) < 4.78 is 24.7. The third-order valence-corrected chi connectivity index (χ3v) is 5.94. The SMILES string of the molecule is Cc1cc(C(=O)Nc2ccccc2C(=O)c2ccccc2)ccc1N(C)S(C)(=O)=O. The highest BCUT2D eigenvalue weighted by atomic mass is 32.2. The Balaban J connectivity index is 1.87. The fraction of sp³-hybridized carbons (Fsp3) is 0.130. The lowest BCUT2D eigenvalue weighted by molar-refractivity contribution is 0.102. The molecule has 0 fully saturated rings. The molecule has 7 heteroatoms. The molecule has 0 aliphatic carbocycles. The van der Waals surface area contributed by atoms with Crippen molar-refractivity contribution in [2.45, 2.75) is 6.92 Å². The fourth-order valence-electron chi connectivity index (χ4n) is 3.06. The van der Waals surface area contributed by atoms with E-state index < -0.39 is 10.0 Å². The number of para-hydroxylation sites is 1. The first-order chi connectivity index (χ1) is 14.2. The lowest BCUT2D eigenvalue weighted by atomic mass is 10.0. The normalized spacial score (nSPS) is 11.0. The molecule has 0 unspecified atom stereocenters.